The second-order valence-electron chi connectivity index (χ2n) is 6.22. The van der Waals surface area contributed by atoms with Crippen molar-refractivity contribution in [1.82, 2.24) is 19.8 Å². The lowest BCUT2D eigenvalue weighted by atomic mass is 10.0. The standard InChI is InChI=1S/C16H23N5O2/c1-4-12-9-14(18-10-17-12)20-7-5-13(6-8-20)21-15(22)11(2)19(3)16(21)23/h9-11,13H,4-8H2,1-3H3. The average Bonchev–Trinajstić information content (AvgIpc) is 2.78. The molecule has 7 heteroatoms. The Morgan fingerprint density at radius 3 is 2.48 bits per heavy atom. The average molecular weight is 317 g/mol. The smallest absolute Gasteiger partial charge is 0.327 e. The van der Waals surface area contributed by atoms with Crippen LogP contribution < -0.4 is 4.90 Å². The molecule has 0 spiro atoms. The molecule has 2 aliphatic rings. The maximum absolute atomic E-state index is 12.3. The summed E-state index contributed by atoms with van der Waals surface area (Å²) >= 11 is 0. The molecule has 0 bridgehead atoms. The van der Waals surface area contributed by atoms with Crippen molar-refractivity contribution in [2.45, 2.75) is 45.2 Å². The highest BCUT2D eigenvalue weighted by Gasteiger charge is 2.44. The van der Waals surface area contributed by atoms with Crippen LogP contribution in [0.25, 0.3) is 0 Å². The lowest BCUT2D eigenvalue weighted by Crippen LogP contribution is -2.48. The van der Waals surface area contributed by atoms with Gasteiger partial charge in [0.05, 0.1) is 0 Å². The van der Waals surface area contributed by atoms with Crippen molar-refractivity contribution in [2.75, 3.05) is 25.0 Å². The molecular formula is C16H23N5O2. The topological polar surface area (TPSA) is 69.6 Å². The number of carbonyl (C=O) groups is 2. The molecule has 1 atom stereocenters. The van der Waals surface area contributed by atoms with Crippen LogP contribution in [0.3, 0.4) is 0 Å². The number of hydrogen-bond donors (Lipinski definition) is 0. The van der Waals surface area contributed by atoms with Crippen LogP contribution in [0, 0.1) is 0 Å². The fraction of sp³-hybridized carbons (Fsp3) is 0.625. The molecule has 0 radical (unpaired) electrons. The maximum Gasteiger partial charge on any atom is 0.327 e. The molecule has 7 nitrogen and oxygen atoms in total. The SMILES string of the molecule is CCc1cc(N2CCC(N3C(=O)C(C)N(C)C3=O)CC2)ncn1. The second-order valence-corrected chi connectivity index (χ2v) is 6.22. The van der Waals surface area contributed by atoms with Crippen LogP contribution in [-0.4, -0.2) is 63.9 Å². The normalized spacial score (nSPS) is 23.1. The number of carbonyl (C=O) groups excluding carboxylic acids is 2. The number of nitrogens with zero attached hydrogens (tertiary/aromatic N) is 5. The van der Waals surface area contributed by atoms with Crippen LogP contribution in [0.15, 0.2) is 12.4 Å². The van der Waals surface area contributed by atoms with Gasteiger partial charge in [0.1, 0.15) is 18.2 Å². The van der Waals surface area contributed by atoms with E-state index < -0.39 is 0 Å². The van der Waals surface area contributed by atoms with Crippen LogP contribution in [0.1, 0.15) is 32.4 Å². The van der Waals surface area contributed by atoms with Gasteiger partial charge in [-0.15, -0.1) is 0 Å². The van der Waals surface area contributed by atoms with Crippen LogP contribution in [0.4, 0.5) is 10.6 Å². The predicted molar refractivity (Wildman–Crippen MR) is 86.1 cm³/mol. The van der Waals surface area contributed by atoms with Crippen LogP contribution >= 0.6 is 0 Å². The van der Waals surface area contributed by atoms with E-state index in [1.807, 2.05) is 6.07 Å². The number of piperidine rings is 1. The highest BCUT2D eigenvalue weighted by atomic mass is 16.2. The van der Waals surface area contributed by atoms with Gasteiger partial charge in [0, 0.05) is 37.9 Å². The van der Waals surface area contributed by atoms with Crippen molar-refractivity contribution in [3.8, 4) is 0 Å². The Labute approximate surface area is 136 Å². The highest BCUT2D eigenvalue weighted by molar-refractivity contribution is 6.04. The Morgan fingerprint density at radius 2 is 1.91 bits per heavy atom. The number of imide groups is 1. The fourth-order valence-electron chi connectivity index (χ4n) is 3.24. The molecular weight excluding hydrogens is 294 g/mol. The number of urea groups is 1. The Morgan fingerprint density at radius 1 is 1.22 bits per heavy atom. The first-order chi connectivity index (χ1) is 11.0. The number of aryl methyl sites for hydroxylation is 1. The molecule has 0 saturated carbocycles. The van der Waals surface area contributed by atoms with E-state index in [2.05, 4.69) is 21.8 Å². The van der Waals surface area contributed by atoms with Gasteiger partial charge in [-0.1, -0.05) is 6.92 Å². The molecule has 1 aromatic heterocycles. The van der Waals surface area contributed by atoms with Gasteiger partial charge >= 0.3 is 6.03 Å². The molecule has 2 fully saturated rings. The van der Waals surface area contributed by atoms with Crippen molar-refractivity contribution >= 4 is 17.8 Å². The summed E-state index contributed by atoms with van der Waals surface area (Å²) in [5.41, 5.74) is 1.03. The minimum atomic E-state index is -0.352. The van der Waals surface area contributed by atoms with Gasteiger partial charge in [0.2, 0.25) is 0 Å². The van der Waals surface area contributed by atoms with Crippen molar-refractivity contribution in [3.63, 3.8) is 0 Å². The summed E-state index contributed by atoms with van der Waals surface area (Å²) in [6.45, 7) is 5.43. The van der Waals surface area contributed by atoms with E-state index >= 15 is 0 Å². The molecule has 3 rings (SSSR count). The van der Waals surface area contributed by atoms with Gasteiger partial charge in [-0.05, 0) is 26.2 Å². The first kappa shape index (κ1) is 15.7. The molecule has 1 aromatic rings. The van der Waals surface area contributed by atoms with E-state index in [-0.39, 0.29) is 24.0 Å². The summed E-state index contributed by atoms with van der Waals surface area (Å²) in [6, 6.07) is 1.49. The summed E-state index contributed by atoms with van der Waals surface area (Å²) in [7, 11) is 1.69. The second kappa shape index (κ2) is 6.14. The first-order valence-electron chi connectivity index (χ1n) is 8.18. The largest absolute Gasteiger partial charge is 0.356 e. The molecule has 0 aromatic carbocycles. The van der Waals surface area contributed by atoms with Crippen LogP contribution in [0.2, 0.25) is 0 Å². The lowest BCUT2D eigenvalue weighted by molar-refractivity contribution is -0.129. The summed E-state index contributed by atoms with van der Waals surface area (Å²) in [4.78, 5) is 38.3. The lowest BCUT2D eigenvalue weighted by Gasteiger charge is -2.36. The summed E-state index contributed by atoms with van der Waals surface area (Å²) < 4.78 is 0. The minimum absolute atomic E-state index is 0.00821. The molecule has 3 amide bonds. The third kappa shape index (κ3) is 2.75. The zero-order valence-corrected chi connectivity index (χ0v) is 13.9. The quantitative estimate of drug-likeness (QED) is 0.786. The molecule has 124 valence electrons. The van der Waals surface area contributed by atoms with Crippen LogP contribution in [0.5, 0.6) is 0 Å². The van der Waals surface area contributed by atoms with Gasteiger partial charge in [-0.2, -0.15) is 0 Å². The summed E-state index contributed by atoms with van der Waals surface area (Å²) in [6.07, 6.45) is 4.05. The minimum Gasteiger partial charge on any atom is -0.356 e. The molecule has 0 N–H and O–H groups in total. The van der Waals surface area contributed by atoms with Crippen LogP contribution in [-0.2, 0) is 11.2 Å². The number of likely N-dealkylation sites (N-methyl/N-ethyl adjacent to an activating group) is 1. The summed E-state index contributed by atoms with van der Waals surface area (Å²) in [5, 5.41) is 0. The fourth-order valence-corrected chi connectivity index (χ4v) is 3.24. The third-order valence-corrected chi connectivity index (χ3v) is 4.91. The molecule has 3 heterocycles. The molecule has 1 unspecified atom stereocenters. The van der Waals surface area contributed by atoms with Gasteiger partial charge in [0.15, 0.2) is 0 Å². The van der Waals surface area contributed by atoms with Gasteiger partial charge in [0.25, 0.3) is 5.91 Å². The van der Waals surface area contributed by atoms with Crippen molar-refractivity contribution < 1.29 is 9.59 Å². The van der Waals surface area contributed by atoms with E-state index in [1.54, 1.807) is 20.3 Å². The van der Waals surface area contributed by atoms with Gasteiger partial charge in [-0.3, -0.25) is 9.69 Å². The first-order valence-corrected chi connectivity index (χ1v) is 8.18. The highest BCUT2D eigenvalue weighted by Crippen LogP contribution is 2.26. The Balaban J connectivity index is 1.67. The van der Waals surface area contributed by atoms with E-state index in [4.69, 9.17) is 0 Å². The zero-order chi connectivity index (χ0) is 16.6. The monoisotopic (exact) mass is 317 g/mol. The van der Waals surface area contributed by atoms with Crippen molar-refractivity contribution in [2.24, 2.45) is 0 Å². The molecule has 23 heavy (non-hydrogen) atoms. The van der Waals surface area contributed by atoms with Gasteiger partial charge in [-0.25, -0.2) is 14.8 Å². The van der Waals surface area contributed by atoms with Gasteiger partial charge < -0.3 is 9.80 Å². The van der Waals surface area contributed by atoms with E-state index in [1.165, 1.54) is 9.80 Å². The van der Waals surface area contributed by atoms with Crippen molar-refractivity contribution in [3.05, 3.63) is 18.1 Å². The number of rotatable bonds is 3. The zero-order valence-electron chi connectivity index (χ0n) is 13.9. The molecule has 2 aliphatic heterocycles. The van der Waals surface area contributed by atoms with E-state index in [9.17, 15) is 9.59 Å². The Hall–Kier alpha value is -2.18. The molecule has 0 aliphatic carbocycles. The van der Waals surface area contributed by atoms with E-state index in [0.717, 1.165) is 43.9 Å². The third-order valence-electron chi connectivity index (χ3n) is 4.91. The maximum atomic E-state index is 12.3. The molecule has 2 saturated heterocycles. The van der Waals surface area contributed by atoms with Crippen molar-refractivity contribution in [1.29, 1.82) is 0 Å². The number of anilines is 1. The number of hydrogen-bond acceptors (Lipinski definition) is 5. The Bertz CT molecular complexity index is 592. The Kier molecular flexibility index (Phi) is 4.19. The number of aromatic nitrogens is 2. The predicted octanol–water partition coefficient (Wildman–Crippen LogP) is 1.29. The summed E-state index contributed by atoms with van der Waals surface area (Å²) in [5.74, 6) is 0.853. The number of amides is 3. The van der Waals surface area contributed by atoms with E-state index in [0.29, 0.717) is 0 Å².